The Bertz CT molecular complexity index is 687. The Morgan fingerprint density at radius 2 is 2.05 bits per heavy atom. The Morgan fingerprint density at radius 1 is 1.26 bits per heavy atom. The number of anilines is 2. The molecule has 0 aliphatic heterocycles. The van der Waals surface area contributed by atoms with Gasteiger partial charge in [0.05, 0.1) is 16.8 Å². The summed E-state index contributed by atoms with van der Waals surface area (Å²) in [6.45, 7) is 1.83. The fraction of sp³-hybridized carbons (Fsp3) is 0.0909. The summed E-state index contributed by atoms with van der Waals surface area (Å²) in [4.78, 5) is 7.84. The van der Waals surface area contributed by atoms with Crippen LogP contribution in [0.5, 0.6) is 0 Å². The zero-order chi connectivity index (χ0) is 13.9. The van der Waals surface area contributed by atoms with E-state index in [2.05, 4.69) is 20.1 Å². The summed E-state index contributed by atoms with van der Waals surface area (Å²) in [6, 6.07) is 4.41. The summed E-state index contributed by atoms with van der Waals surface area (Å²) in [6.07, 6.45) is 4.44. The summed E-state index contributed by atoms with van der Waals surface area (Å²) in [5.74, 6) is 5.47. The highest BCUT2D eigenvalue weighted by Crippen LogP contribution is 2.17. The van der Waals surface area contributed by atoms with Crippen LogP contribution < -0.4 is 16.0 Å². The van der Waals surface area contributed by atoms with Gasteiger partial charge in [0.1, 0.15) is 5.82 Å². The van der Waals surface area contributed by atoms with Crippen LogP contribution in [0.4, 0.5) is 11.5 Å². The molecule has 2 aromatic heterocycles. The van der Waals surface area contributed by atoms with Crippen molar-refractivity contribution in [3.63, 3.8) is 0 Å². The molecule has 0 bridgehead atoms. The van der Waals surface area contributed by atoms with Crippen LogP contribution in [0.2, 0.25) is 0 Å². The predicted octanol–water partition coefficient (Wildman–Crippen LogP) is 0.871. The van der Waals surface area contributed by atoms with E-state index in [1.54, 1.807) is 12.3 Å². The average molecular weight is 279 g/mol. The molecule has 0 saturated heterocycles. The molecule has 0 atom stereocenters. The molecule has 100 valence electrons. The van der Waals surface area contributed by atoms with E-state index in [1.165, 1.54) is 24.5 Å². The van der Waals surface area contributed by atoms with E-state index in [0.717, 1.165) is 5.56 Å². The summed E-state index contributed by atoms with van der Waals surface area (Å²) in [7, 11) is -3.69. The van der Waals surface area contributed by atoms with Crippen molar-refractivity contribution in [2.24, 2.45) is 5.84 Å². The molecule has 4 N–H and O–H groups in total. The Labute approximate surface area is 110 Å². The molecule has 19 heavy (non-hydrogen) atoms. The molecule has 0 amide bonds. The number of hydrogen-bond acceptors (Lipinski definition) is 6. The molecule has 0 fully saturated rings. The summed E-state index contributed by atoms with van der Waals surface area (Å²) < 4.78 is 26.7. The number of pyridine rings is 2. The molecule has 0 spiro atoms. The van der Waals surface area contributed by atoms with Crippen molar-refractivity contribution in [1.29, 1.82) is 0 Å². The van der Waals surface area contributed by atoms with Gasteiger partial charge in [0.25, 0.3) is 10.0 Å². The molecule has 2 aromatic rings. The standard InChI is InChI=1S/C11H13N5O2S/c1-8-4-9(7-13-6-8)16-19(17,18)10-2-3-14-11(5-10)15-12/h2-7,16H,12H2,1H3,(H,14,15). The lowest BCUT2D eigenvalue weighted by molar-refractivity contribution is 0.601. The maximum atomic E-state index is 12.1. The van der Waals surface area contributed by atoms with Gasteiger partial charge in [-0.05, 0) is 24.6 Å². The molecule has 7 nitrogen and oxygen atoms in total. The van der Waals surface area contributed by atoms with Gasteiger partial charge in [-0.15, -0.1) is 0 Å². The number of hydrogen-bond donors (Lipinski definition) is 3. The van der Waals surface area contributed by atoms with Crippen LogP contribution in [0.3, 0.4) is 0 Å². The van der Waals surface area contributed by atoms with Crippen LogP contribution in [0.15, 0.2) is 41.7 Å². The lowest BCUT2D eigenvalue weighted by atomic mass is 10.3. The second kappa shape index (κ2) is 5.21. The Kier molecular flexibility index (Phi) is 3.63. The van der Waals surface area contributed by atoms with Gasteiger partial charge < -0.3 is 5.43 Å². The monoisotopic (exact) mass is 279 g/mol. The maximum absolute atomic E-state index is 12.1. The third-order valence-electron chi connectivity index (χ3n) is 2.32. The minimum atomic E-state index is -3.69. The minimum Gasteiger partial charge on any atom is -0.308 e. The number of aromatic nitrogens is 2. The number of hydrazine groups is 1. The molecular formula is C11H13N5O2S. The first kappa shape index (κ1) is 13.2. The van der Waals surface area contributed by atoms with E-state index < -0.39 is 10.0 Å². The summed E-state index contributed by atoms with van der Waals surface area (Å²) in [5.41, 5.74) is 3.56. The Morgan fingerprint density at radius 3 is 2.74 bits per heavy atom. The van der Waals surface area contributed by atoms with Gasteiger partial charge in [0, 0.05) is 18.5 Å². The third kappa shape index (κ3) is 3.18. The Hall–Kier alpha value is -2.19. The van der Waals surface area contributed by atoms with Crippen molar-refractivity contribution >= 4 is 21.5 Å². The number of nitrogens with one attached hydrogen (secondary N) is 2. The Balaban J connectivity index is 2.32. The highest BCUT2D eigenvalue weighted by atomic mass is 32.2. The van der Waals surface area contributed by atoms with Gasteiger partial charge in [-0.1, -0.05) is 0 Å². The highest BCUT2D eigenvalue weighted by Gasteiger charge is 2.15. The smallest absolute Gasteiger partial charge is 0.262 e. The third-order valence-corrected chi connectivity index (χ3v) is 3.70. The zero-order valence-electron chi connectivity index (χ0n) is 10.2. The minimum absolute atomic E-state index is 0.0666. The summed E-state index contributed by atoms with van der Waals surface area (Å²) in [5, 5.41) is 0. The molecule has 0 aliphatic carbocycles. The van der Waals surface area contributed by atoms with Gasteiger partial charge in [-0.3, -0.25) is 9.71 Å². The van der Waals surface area contributed by atoms with Crippen molar-refractivity contribution in [1.82, 2.24) is 9.97 Å². The van der Waals surface area contributed by atoms with E-state index >= 15 is 0 Å². The largest absolute Gasteiger partial charge is 0.308 e. The fourth-order valence-electron chi connectivity index (χ4n) is 1.48. The quantitative estimate of drug-likeness (QED) is 0.566. The number of nitrogens with two attached hydrogens (primary N) is 1. The average Bonchev–Trinajstić information content (AvgIpc) is 2.38. The highest BCUT2D eigenvalue weighted by molar-refractivity contribution is 7.92. The molecule has 0 unspecified atom stereocenters. The first-order chi connectivity index (χ1) is 9.01. The van der Waals surface area contributed by atoms with Crippen molar-refractivity contribution in [3.05, 3.63) is 42.4 Å². The second-order valence-corrected chi connectivity index (χ2v) is 5.56. The van der Waals surface area contributed by atoms with Crippen molar-refractivity contribution < 1.29 is 8.42 Å². The van der Waals surface area contributed by atoms with Gasteiger partial charge in [-0.2, -0.15) is 0 Å². The number of rotatable bonds is 4. The first-order valence-electron chi connectivity index (χ1n) is 5.38. The van der Waals surface area contributed by atoms with Gasteiger partial charge in [0.2, 0.25) is 0 Å². The molecule has 0 saturated carbocycles. The molecular weight excluding hydrogens is 266 g/mol. The van der Waals surface area contributed by atoms with Crippen LogP contribution in [0.25, 0.3) is 0 Å². The van der Waals surface area contributed by atoms with E-state index in [9.17, 15) is 8.42 Å². The number of sulfonamides is 1. The molecule has 8 heteroatoms. The lowest BCUT2D eigenvalue weighted by Gasteiger charge is -2.09. The zero-order valence-corrected chi connectivity index (χ0v) is 11.0. The van der Waals surface area contributed by atoms with Crippen LogP contribution in [-0.4, -0.2) is 18.4 Å². The van der Waals surface area contributed by atoms with E-state index in [4.69, 9.17) is 5.84 Å². The summed E-state index contributed by atoms with van der Waals surface area (Å²) >= 11 is 0. The van der Waals surface area contributed by atoms with Gasteiger partial charge in [-0.25, -0.2) is 19.2 Å². The van der Waals surface area contributed by atoms with Gasteiger partial charge >= 0.3 is 0 Å². The second-order valence-electron chi connectivity index (χ2n) is 3.88. The lowest BCUT2D eigenvalue weighted by Crippen LogP contribution is -2.15. The van der Waals surface area contributed by atoms with Crippen LogP contribution in [-0.2, 0) is 10.0 Å². The molecule has 0 aromatic carbocycles. The van der Waals surface area contributed by atoms with Gasteiger partial charge in [0.15, 0.2) is 0 Å². The van der Waals surface area contributed by atoms with E-state index in [1.807, 2.05) is 6.92 Å². The van der Waals surface area contributed by atoms with Crippen LogP contribution in [0, 0.1) is 6.92 Å². The first-order valence-corrected chi connectivity index (χ1v) is 6.87. The number of nitrogens with zero attached hydrogens (tertiary/aromatic N) is 2. The maximum Gasteiger partial charge on any atom is 0.262 e. The molecule has 0 aliphatic rings. The van der Waals surface area contributed by atoms with Crippen LogP contribution in [0.1, 0.15) is 5.56 Å². The molecule has 2 heterocycles. The predicted molar refractivity (Wildman–Crippen MR) is 71.8 cm³/mol. The molecule has 2 rings (SSSR count). The fourth-order valence-corrected chi connectivity index (χ4v) is 2.53. The van der Waals surface area contributed by atoms with Crippen molar-refractivity contribution in [2.45, 2.75) is 11.8 Å². The number of nitrogen functional groups attached to an aromatic ring is 1. The van der Waals surface area contributed by atoms with Crippen molar-refractivity contribution in [3.8, 4) is 0 Å². The topological polar surface area (TPSA) is 110 Å². The van der Waals surface area contributed by atoms with E-state index in [0.29, 0.717) is 5.69 Å². The SMILES string of the molecule is Cc1cncc(NS(=O)(=O)c2ccnc(NN)c2)c1. The number of aryl methyl sites for hydroxylation is 1. The van der Waals surface area contributed by atoms with Crippen molar-refractivity contribution in [2.75, 3.05) is 10.1 Å². The van der Waals surface area contributed by atoms with Crippen LogP contribution >= 0.6 is 0 Å². The normalized spacial score (nSPS) is 11.1. The molecule has 0 radical (unpaired) electrons. The van der Waals surface area contributed by atoms with E-state index in [-0.39, 0.29) is 10.7 Å².